The molecule has 0 saturated carbocycles. The molecule has 0 fully saturated rings. The maximum absolute atomic E-state index is 12.7. The predicted molar refractivity (Wildman–Crippen MR) is 201 cm³/mol. The molecule has 5 rings (SSSR count). The van der Waals surface area contributed by atoms with E-state index in [1.54, 1.807) is 0 Å². The molecule has 9 nitrogen and oxygen atoms in total. The average molecular weight is 683 g/mol. The van der Waals surface area contributed by atoms with Crippen LogP contribution in [0.4, 0.5) is 0 Å². The van der Waals surface area contributed by atoms with Crippen molar-refractivity contribution in [3.63, 3.8) is 0 Å². The second kappa shape index (κ2) is 16.2. The number of aryl methyl sites for hydroxylation is 3. The van der Waals surface area contributed by atoms with Crippen molar-refractivity contribution in [2.24, 2.45) is 0 Å². The van der Waals surface area contributed by atoms with Crippen molar-refractivity contribution < 1.29 is 24.5 Å². The topological polar surface area (TPSA) is 141 Å². The molecule has 9 heteroatoms. The molecule has 0 aromatic carbocycles. The number of unbranched alkanes of at least 4 members (excludes halogenated alkanes) is 6. The minimum absolute atomic E-state index is 0.00601. The first-order valence-corrected chi connectivity index (χ1v) is 18.4. The summed E-state index contributed by atoms with van der Waals surface area (Å²) in [5, 5.41) is 20.0. The van der Waals surface area contributed by atoms with E-state index in [1.165, 1.54) is 38.5 Å². The van der Waals surface area contributed by atoms with Crippen LogP contribution in [0.5, 0.6) is 0 Å². The van der Waals surface area contributed by atoms with Gasteiger partial charge in [0.1, 0.15) is 0 Å². The van der Waals surface area contributed by atoms with Crippen molar-refractivity contribution in [3.8, 4) is 0 Å². The molecular formula is C41H54N4O5. The maximum atomic E-state index is 12.7. The Bertz CT molecular complexity index is 1950. The van der Waals surface area contributed by atoms with Gasteiger partial charge in [-0.25, -0.2) is 9.78 Å². The molecule has 268 valence electrons. The fraction of sp³-hybridized carbons (Fsp3) is 0.512. The third kappa shape index (κ3) is 7.73. The number of rotatable bonds is 15. The number of aromatic nitrogens is 4. The van der Waals surface area contributed by atoms with E-state index in [0.717, 1.165) is 68.9 Å². The van der Waals surface area contributed by atoms with Crippen molar-refractivity contribution in [1.82, 2.24) is 19.9 Å². The van der Waals surface area contributed by atoms with E-state index in [2.05, 4.69) is 56.7 Å². The second-order valence-electron chi connectivity index (χ2n) is 14.1. The van der Waals surface area contributed by atoms with Gasteiger partial charge in [0.15, 0.2) is 0 Å². The minimum atomic E-state index is -1.03. The lowest BCUT2D eigenvalue weighted by Gasteiger charge is -2.16. The summed E-state index contributed by atoms with van der Waals surface area (Å²) in [6.45, 7) is 15.5. The maximum Gasteiger partial charge on any atom is 0.338 e. The van der Waals surface area contributed by atoms with Crippen molar-refractivity contribution >= 4 is 45.2 Å². The summed E-state index contributed by atoms with van der Waals surface area (Å²) < 4.78 is 6.29. The number of hydrogen-bond donors (Lipinski definition) is 4. The van der Waals surface area contributed by atoms with E-state index in [0.29, 0.717) is 41.8 Å². The SMILES string of the molecule is CCCCCCCCCOCc1c(C)c2cc3nc(c(C)c4[nH]c(cc5nc(cc1[nH]2)C(C)=C5CC)c(C)c4C(=O)O)[C@@H](CCC(=O)O)[C@@H]3C. The molecule has 0 unspecified atom stereocenters. The van der Waals surface area contributed by atoms with Crippen LogP contribution in [-0.2, 0) is 16.1 Å². The van der Waals surface area contributed by atoms with E-state index >= 15 is 0 Å². The molecule has 3 aromatic heterocycles. The van der Waals surface area contributed by atoms with Crippen LogP contribution in [0.15, 0.2) is 18.2 Å². The van der Waals surface area contributed by atoms with Crippen molar-refractivity contribution in [1.29, 1.82) is 0 Å². The van der Waals surface area contributed by atoms with Gasteiger partial charge in [-0.05, 0) is 93.0 Å². The van der Waals surface area contributed by atoms with Crippen LogP contribution in [0.25, 0.3) is 33.2 Å². The average Bonchev–Trinajstić information content (AvgIpc) is 3.76. The number of carboxylic acid groups (broad SMARTS) is 2. The van der Waals surface area contributed by atoms with Crippen molar-refractivity contribution in [2.45, 2.75) is 131 Å². The van der Waals surface area contributed by atoms with Gasteiger partial charge in [-0.2, -0.15) is 0 Å². The number of ether oxygens (including phenoxy) is 1. The minimum Gasteiger partial charge on any atom is -0.481 e. The molecular weight excluding hydrogens is 628 g/mol. The summed E-state index contributed by atoms with van der Waals surface area (Å²) in [5.41, 5.74) is 12.2. The number of fused-ring (bicyclic) bond motifs is 8. The first-order chi connectivity index (χ1) is 24.0. The number of nitrogens with zero attached hydrogens (tertiary/aromatic N) is 2. The summed E-state index contributed by atoms with van der Waals surface area (Å²) in [7, 11) is 0. The smallest absolute Gasteiger partial charge is 0.338 e. The lowest BCUT2D eigenvalue weighted by Crippen LogP contribution is -2.07. The Balaban J connectivity index is 1.71. The largest absolute Gasteiger partial charge is 0.481 e. The van der Waals surface area contributed by atoms with Gasteiger partial charge in [0, 0.05) is 58.4 Å². The Kier molecular flexibility index (Phi) is 12.0. The molecule has 3 aromatic rings. The molecule has 2 aliphatic rings. The number of aliphatic carboxylic acids is 1. The van der Waals surface area contributed by atoms with Gasteiger partial charge in [0.2, 0.25) is 0 Å². The summed E-state index contributed by atoms with van der Waals surface area (Å²) in [4.78, 5) is 41.7. The Morgan fingerprint density at radius 2 is 1.50 bits per heavy atom. The monoisotopic (exact) mass is 682 g/mol. The van der Waals surface area contributed by atoms with Gasteiger partial charge in [-0.15, -0.1) is 0 Å². The number of carbonyl (C=O) groups is 2. The van der Waals surface area contributed by atoms with Gasteiger partial charge >= 0.3 is 11.9 Å². The number of nitrogens with one attached hydrogen (secondary N) is 2. The van der Waals surface area contributed by atoms with Crippen LogP contribution in [0, 0.1) is 20.8 Å². The Hall–Kier alpha value is -4.24. The fourth-order valence-electron chi connectivity index (χ4n) is 7.62. The summed E-state index contributed by atoms with van der Waals surface area (Å²) in [6, 6.07) is 6.13. The van der Waals surface area contributed by atoms with E-state index in [9.17, 15) is 19.8 Å². The van der Waals surface area contributed by atoms with E-state index in [4.69, 9.17) is 14.7 Å². The molecule has 0 saturated heterocycles. The summed E-state index contributed by atoms with van der Waals surface area (Å²) in [6.07, 6.45) is 9.79. The lowest BCUT2D eigenvalue weighted by atomic mass is 9.86. The Morgan fingerprint density at radius 1 is 0.820 bits per heavy atom. The first-order valence-electron chi connectivity index (χ1n) is 18.4. The number of allylic oxidation sites excluding steroid dienone is 2. The highest BCUT2D eigenvalue weighted by molar-refractivity contribution is 6.02. The Morgan fingerprint density at radius 3 is 2.18 bits per heavy atom. The van der Waals surface area contributed by atoms with Crippen LogP contribution in [0.3, 0.4) is 0 Å². The van der Waals surface area contributed by atoms with Crippen LogP contribution in [0.2, 0.25) is 0 Å². The zero-order valence-electron chi connectivity index (χ0n) is 30.9. The number of aromatic amines is 2. The fourth-order valence-corrected chi connectivity index (χ4v) is 7.62. The standard InChI is InChI=1S/C41H54N4O5/c1-8-10-11-12-13-14-15-18-50-22-30-25(5)31-19-33-24(4)29(16-17-37(46)47)39(44-33)27(7)40-38(41(48)49)26(6)34(45-40)21-35-28(9-2)23(3)32(42-35)20-36(30)43-31/h19-21,24,29,43,45H,8-18,22H2,1-7H3,(H,46,47)(H,48,49)/t24-,29-/m0/s1. The third-order valence-corrected chi connectivity index (χ3v) is 10.8. The third-order valence-electron chi connectivity index (χ3n) is 10.8. The zero-order chi connectivity index (χ0) is 36.1. The highest BCUT2D eigenvalue weighted by atomic mass is 16.5. The molecule has 0 spiro atoms. The van der Waals surface area contributed by atoms with Crippen LogP contribution >= 0.6 is 0 Å². The zero-order valence-corrected chi connectivity index (χ0v) is 30.9. The number of H-pyrrole nitrogens is 2. The second-order valence-corrected chi connectivity index (χ2v) is 14.1. The van der Waals surface area contributed by atoms with Gasteiger partial charge in [0.25, 0.3) is 0 Å². The molecule has 5 heterocycles. The normalized spacial score (nSPS) is 16.0. The molecule has 8 bridgehead atoms. The van der Waals surface area contributed by atoms with Crippen LogP contribution in [-0.4, -0.2) is 48.7 Å². The van der Waals surface area contributed by atoms with E-state index in [1.807, 2.05) is 19.9 Å². The van der Waals surface area contributed by atoms with Gasteiger partial charge in [-0.3, -0.25) is 9.78 Å². The molecule has 0 amide bonds. The van der Waals surface area contributed by atoms with Crippen LogP contribution < -0.4 is 0 Å². The molecule has 2 atom stereocenters. The molecule has 50 heavy (non-hydrogen) atoms. The molecule has 2 aliphatic heterocycles. The van der Waals surface area contributed by atoms with E-state index < -0.39 is 11.9 Å². The highest BCUT2D eigenvalue weighted by Gasteiger charge is 2.32. The van der Waals surface area contributed by atoms with Gasteiger partial charge < -0.3 is 24.9 Å². The quantitative estimate of drug-likeness (QED) is 0.117. The Labute approximate surface area is 295 Å². The molecule has 4 N–H and O–H groups in total. The number of carboxylic acids is 2. The van der Waals surface area contributed by atoms with Crippen molar-refractivity contribution in [2.75, 3.05) is 6.61 Å². The molecule has 0 radical (unpaired) electrons. The van der Waals surface area contributed by atoms with Crippen LogP contribution in [0.1, 0.15) is 159 Å². The van der Waals surface area contributed by atoms with E-state index in [-0.39, 0.29) is 23.8 Å². The predicted octanol–water partition coefficient (Wildman–Crippen LogP) is 10.3. The number of hydrogen-bond acceptors (Lipinski definition) is 5. The van der Waals surface area contributed by atoms with Crippen molar-refractivity contribution in [3.05, 3.63) is 68.8 Å². The first kappa shape index (κ1) is 37.0. The number of aromatic carboxylic acids is 1. The summed E-state index contributed by atoms with van der Waals surface area (Å²) in [5.74, 6) is -2.16. The highest BCUT2D eigenvalue weighted by Crippen LogP contribution is 2.42. The van der Waals surface area contributed by atoms with Gasteiger partial charge in [0.05, 0.1) is 29.1 Å². The molecule has 0 aliphatic carbocycles. The lowest BCUT2D eigenvalue weighted by molar-refractivity contribution is -0.137. The van der Waals surface area contributed by atoms with Gasteiger partial charge in [-0.1, -0.05) is 59.3 Å². The summed E-state index contributed by atoms with van der Waals surface area (Å²) >= 11 is 0.